The molecule has 4 nitrogen and oxygen atoms in total. The fraction of sp³-hybridized carbons (Fsp3) is 0. The molecule has 0 saturated carbocycles. The number of nitrogens with one attached hydrogen (secondary N) is 2. The van der Waals surface area contributed by atoms with Crippen molar-refractivity contribution >= 4 is 35.3 Å². The molecule has 0 spiro atoms. The van der Waals surface area contributed by atoms with E-state index in [4.69, 9.17) is 0 Å². The van der Waals surface area contributed by atoms with E-state index >= 15 is 0 Å². The molecule has 0 bridgehead atoms. The van der Waals surface area contributed by atoms with Crippen LogP contribution in [-0.2, 0) is 0 Å². The standard InChI is InChI=1S/C12H10N2O2Se/c15-8-4-2-1-3-7(8)13-14-11-9(16)5-6-10-12(11)17-10/h1-6,13-16H. The Kier molecular flexibility index (Phi) is 2.35. The van der Waals surface area contributed by atoms with Crippen LogP contribution in [0.25, 0.3) is 0 Å². The van der Waals surface area contributed by atoms with Gasteiger partial charge in [-0.2, -0.15) is 0 Å². The Morgan fingerprint density at radius 1 is 0.882 bits per heavy atom. The third-order valence-electron chi connectivity index (χ3n) is 2.50. The van der Waals surface area contributed by atoms with Crippen LogP contribution in [0.5, 0.6) is 11.5 Å². The Bertz CT molecular complexity index is 583. The molecule has 2 aromatic carbocycles. The Hall–Kier alpha value is -1.84. The average Bonchev–Trinajstić information content (AvgIpc) is 3.09. The van der Waals surface area contributed by atoms with Crippen molar-refractivity contribution in [2.45, 2.75) is 0 Å². The molecule has 0 radical (unpaired) electrons. The van der Waals surface area contributed by atoms with Crippen LogP contribution in [0.15, 0.2) is 36.4 Å². The molecule has 2 aromatic rings. The quantitative estimate of drug-likeness (QED) is 0.323. The number of phenols is 2. The van der Waals surface area contributed by atoms with E-state index in [1.165, 1.54) is 8.92 Å². The van der Waals surface area contributed by atoms with Crippen LogP contribution in [-0.4, -0.2) is 25.2 Å². The first-order valence-corrected chi connectivity index (χ1v) is 6.81. The molecule has 1 aliphatic rings. The van der Waals surface area contributed by atoms with E-state index in [2.05, 4.69) is 10.9 Å². The number of hydrogen-bond donors (Lipinski definition) is 4. The van der Waals surface area contributed by atoms with Crippen LogP contribution in [0.1, 0.15) is 0 Å². The van der Waals surface area contributed by atoms with Crippen LogP contribution in [0.3, 0.4) is 0 Å². The number of fused-ring (bicyclic) bond motifs is 1. The van der Waals surface area contributed by atoms with E-state index in [9.17, 15) is 10.2 Å². The molecule has 5 heteroatoms. The van der Waals surface area contributed by atoms with Gasteiger partial charge in [0.1, 0.15) is 0 Å². The summed E-state index contributed by atoms with van der Waals surface area (Å²) in [7, 11) is 0. The molecular formula is C12H10N2O2Se. The monoisotopic (exact) mass is 294 g/mol. The van der Waals surface area contributed by atoms with Gasteiger partial charge in [-0.15, -0.1) is 0 Å². The molecule has 0 unspecified atom stereocenters. The topological polar surface area (TPSA) is 64.5 Å². The molecule has 1 aliphatic heterocycles. The second-order valence-electron chi connectivity index (χ2n) is 3.66. The first-order valence-electron chi connectivity index (χ1n) is 5.09. The molecule has 3 rings (SSSR count). The van der Waals surface area contributed by atoms with Gasteiger partial charge in [0.15, 0.2) is 0 Å². The summed E-state index contributed by atoms with van der Waals surface area (Å²) in [4.78, 5) is 0. The minimum atomic E-state index is 0.168. The van der Waals surface area contributed by atoms with Crippen LogP contribution in [0.2, 0.25) is 0 Å². The Morgan fingerprint density at radius 3 is 2.53 bits per heavy atom. The Morgan fingerprint density at radius 2 is 1.71 bits per heavy atom. The summed E-state index contributed by atoms with van der Waals surface area (Å²) in [6.07, 6.45) is 0. The summed E-state index contributed by atoms with van der Waals surface area (Å²) in [5.74, 6) is 0.396. The second-order valence-corrected chi connectivity index (χ2v) is 5.86. The SMILES string of the molecule is Oc1ccccc1NNc1c(O)ccc2c1[Se]2. The van der Waals surface area contributed by atoms with Gasteiger partial charge < -0.3 is 0 Å². The van der Waals surface area contributed by atoms with Crippen molar-refractivity contribution in [1.29, 1.82) is 0 Å². The van der Waals surface area contributed by atoms with Gasteiger partial charge in [0.05, 0.1) is 0 Å². The van der Waals surface area contributed by atoms with Crippen molar-refractivity contribution in [3.8, 4) is 11.5 Å². The van der Waals surface area contributed by atoms with Gasteiger partial charge in [0.2, 0.25) is 0 Å². The molecule has 0 fully saturated rings. The van der Waals surface area contributed by atoms with E-state index in [0.29, 0.717) is 26.3 Å². The number of anilines is 2. The number of rotatable bonds is 3. The first-order chi connectivity index (χ1) is 8.25. The molecule has 0 atom stereocenters. The average molecular weight is 293 g/mol. The third kappa shape index (κ3) is 1.90. The van der Waals surface area contributed by atoms with Gasteiger partial charge in [-0.25, -0.2) is 0 Å². The summed E-state index contributed by atoms with van der Waals surface area (Å²) in [5.41, 5.74) is 7.14. The molecule has 1 heterocycles. The molecular weight excluding hydrogens is 283 g/mol. The van der Waals surface area contributed by atoms with Crippen LogP contribution in [0.4, 0.5) is 11.4 Å². The third-order valence-corrected chi connectivity index (χ3v) is 4.56. The summed E-state index contributed by atoms with van der Waals surface area (Å²) in [6.45, 7) is 0. The van der Waals surface area contributed by atoms with Gasteiger partial charge in [-0.05, 0) is 0 Å². The molecule has 0 aliphatic carbocycles. The number of aromatic hydroxyl groups is 2. The number of benzene rings is 2. The van der Waals surface area contributed by atoms with Crippen molar-refractivity contribution < 1.29 is 10.2 Å². The Labute approximate surface area is 104 Å². The molecule has 86 valence electrons. The van der Waals surface area contributed by atoms with Crippen molar-refractivity contribution in [1.82, 2.24) is 0 Å². The fourth-order valence-electron chi connectivity index (χ4n) is 1.55. The molecule has 17 heavy (non-hydrogen) atoms. The number of para-hydroxylation sites is 2. The maximum absolute atomic E-state index is 9.72. The van der Waals surface area contributed by atoms with Crippen molar-refractivity contribution in [2.75, 3.05) is 10.9 Å². The predicted molar refractivity (Wildman–Crippen MR) is 68.5 cm³/mol. The minimum absolute atomic E-state index is 0.168. The van der Waals surface area contributed by atoms with Crippen molar-refractivity contribution in [3.63, 3.8) is 0 Å². The van der Waals surface area contributed by atoms with Gasteiger partial charge in [-0.3, -0.25) is 0 Å². The summed E-state index contributed by atoms with van der Waals surface area (Å²) in [5, 5.41) is 19.3. The Balaban J connectivity index is 1.80. The zero-order valence-electron chi connectivity index (χ0n) is 8.77. The van der Waals surface area contributed by atoms with E-state index in [1.54, 1.807) is 24.3 Å². The zero-order chi connectivity index (χ0) is 11.8. The fourth-order valence-corrected chi connectivity index (χ4v) is 3.09. The zero-order valence-corrected chi connectivity index (χ0v) is 10.5. The number of hydrogen-bond acceptors (Lipinski definition) is 4. The van der Waals surface area contributed by atoms with Crippen LogP contribution >= 0.6 is 0 Å². The molecule has 4 N–H and O–H groups in total. The number of phenolic OH excluding ortho intramolecular Hbond substituents is 2. The predicted octanol–water partition coefficient (Wildman–Crippen LogP) is 0.505. The van der Waals surface area contributed by atoms with Crippen LogP contribution in [0, 0.1) is 0 Å². The van der Waals surface area contributed by atoms with E-state index in [1.807, 2.05) is 12.1 Å². The van der Waals surface area contributed by atoms with Gasteiger partial charge in [-0.1, -0.05) is 0 Å². The summed E-state index contributed by atoms with van der Waals surface area (Å²) < 4.78 is 2.48. The molecule has 0 amide bonds. The van der Waals surface area contributed by atoms with E-state index in [-0.39, 0.29) is 11.5 Å². The normalized spacial score (nSPS) is 11.8. The van der Waals surface area contributed by atoms with Gasteiger partial charge in [0.25, 0.3) is 0 Å². The summed E-state index contributed by atoms with van der Waals surface area (Å²) in [6, 6.07) is 10.6. The van der Waals surface area contributed by atoms with Gasteiger partial charge >= 0.3 is 104 Å². The second kappa shape index (κ2) is 3.87. The number of hydrazine groups is 1. The van der Waals surface area contributed by atoms with E-state index < -0.39 is 0 Å². The van der Waals surface area contributed by atoms with Crippen molar-refractivity contribution in [2.24, 2.45) is 0 Å². The summed E-state index contributed by atoms with van der Waals surface area (Å²) >= 11 is 0.379. The van der Waals surface area contributed by atoms with Crippen LogP contribution < -0.4 is 19.8 Å². The van der Waals surface area contributed by atoms with Gasteiger partial charge in [0, 0.05) is 0 Å². The first kappa shape index (κ1) is 10.3. The molecule has 0 aromatic heterocycles. The van der Waals surface area contributed by atoms with Crippen molar-refractivity contribution in [3.05, 3.63) is 36.4 Å². The maximum atomic E-state index is 9.72. The van der Waals surface area contributed by atoms with E-state index in [0.717, 1.165) is 0 Å². The molecule has 0 saturated heterocycles.